The van der Waals surface area contributed by atoms with Crippen LogP contribution in [0.5, 0.6) is 0 Å². The summed E-state index contributed by atoms with van der Waals surface area (Å²) in [5.74, 6) is -1.78. The van der Waals surface area contributed by atoms with Gasteiger partial charge in [-0.3, -0.25) is 9.59 Å². The highest BCUT2D eigenvalue weighted by Gasteiger charge is 2.61. The third kappa shape index (κ3) is 3.09. The van der Waals surface area contributed by atoms with E-state index in [1.54, 1.807) is 0 Å². The number of carboxylic acids is 1. The number of nitrogens with one attached hydrogen (secondary N) is 1. The Balaban J connectivity index is 1.88. The van der Waals surface area contributed by atoms with Crippen LogP contribution in [0.2, 0.25) is 0 Å². The number of carboxylic acid groups (broad SMARTS) is 1. The zero-order chi connectivity index (χ0) is 16.3. The molecule has 2 amide bonds. The van der Waals surface area contributed by atoms with Gasteiger partial charge in [0.1, 0.15) is 23.1 Å². The first-order chi connectivity index (χ1) is 10.5. The van der Waals surface area contributed by atoms with Gasteiger partial charge >= 0.3 is 5.97 Å². The summed E-state index contributed by atoms with van der Waals surface area (Å²) in [6, 6.07) is -1.72. The Morgan fingerprint density at radius 3 is 2.77 bits per heavy atom. The van der Waals surface area contributed by atoms with Gasteiger partial charge in [0, 0.05) is 20.0 Å². The number of β-lactam (4-membered cyclic amide) rings is 1. The Bertz CT molecular complexity index is 485. The quantitative estimate of drug-likeness (QED) is 0.353. The molecule has 2 aliphatic rings. The Labute approximate surface area is 131 Å². The van der Waals surface area contributed by atoms with Gasteiger partial charge in [0.2, 0.25) is 11.8 Å². The predicted octanol–water partition coefficient (Wildman–Crippen LogP) is -0.429. The maximum absolute atomic E-state index is 12.1. The van der Waals surface area contributed by atoms with Crippen molar-refractivity contribution in [2.24, 2.45) is 0 Å². The van der Waals surface area contributed by atoms with Crippen LogP contribution in [0, 0.1) is 0 Å². The van der Waals surface area contributed by atoms with Crippen molar-refractivity contribution in [1.29, 1.82) is 0 Å². The summed E-state index contributed by atoms with van der Waals surface area (Å²) in [6.45, 7) is 0. The van der Waals surface area contributed by atoms with E-state index in [4.69, 9.17) is 4.74 Å². The molecule has 2 aliphatic heterocycles. The summed E-state index contributed by atoms with van der Waals surface area (Å²) >= 11 is 1.22. The summed E-state index contributed by atoms with van der Waals surface area (Å²) in [5.41, 5.74) is -0.638. The Kier molecular flexibility index (Phi) is 5.41. The van der Waals surface area contributed by atoms with Gasteiger partial charge in [-0.25, -0.2) is 4.79 Å². The van der Waals surface area contributed by atoms with Crippen LogP contribution in [0.15, 0.2) is 0 Å². The zero-order valence-electron chi connectivity index (χ0n) is 12.1. The smallest absolute Gasteiger partial charge is 0.330 e. The first-order valence-corrected chi connectivity index (χ1v) is 7.91. The van der Waals surface area contributed by atoms with Crippen LogP contribution in [-0.2, 0) is 23.9 Å². The van der Waals surface area contributed by atoms with E-state index < -0.39 is 34.8 Å². The number of fused-ring (bicyclic) bond motifs is 1. The molecule has 0 aliphatic carbocycles. The fourth-order valence-corrected chi connectivity index (χ4v) is 4.07. The molecule has 0 bridgehead atoms. The number of amides is 2. The topological polar surface area (TPSA) is 113 Å². The van der Waals surface area contributed by atoms with Crippen molar-refractivity contribution in [1.82, 2.24) is 10.2 Å². The summed E-state index contributed by atoms with van der Waals surface area (Å²) < 4.78 is 5.10. The first-order valence-electron chi connectivity index (χ1n) is 6.97. The molecule has 22 heavy (non-hydrogen) atoms. The van der Waals surface area contributed by atoms with E-state index >= 15 is 0 Å². The molecule has 2 saturated heterocycles. The molecule has 2 rings (SSSR count). The second kappa shape index (κ2) is 7.10. The maximum atomic E-state index is 12.1. The number of hydrogen-bond acceptors (Lipinski definition) is 6. The van der Waals surface area contributed by atoms with Crippen LogP contribution in [-0.4, -0.2) is 64.1 Å². The molecule has 8 nitrogen and oxygen atoms in total. The summed E-state index contributed by atoms with van der Waals surface area (Å²) in [5, 5.41) is 11.4. The van der Waals surface area contributed by atoms with Gasteiger partial charge < -0.3 is 24.9 Å². The minimum absolute atomic E-state index is 0.241. The highest BCUT2D eigenvalue weighted by Crippen LogP contribution is 2.44. The van der Waals surface area contributed by atoms with E-state index in [-0.39, 0.29) is 12.3 Å². The second-order valence-corrected chi connectivity index (χ2v) is 6.34. The lowest BCUT2D eigenvalue weighted by Crippen LogP contribution is -2.70. The lowest BCUT2D eigenvalue weighted by molar-refractivity contribution is -0.162. The van der Waals surface area contributed by atoms with Crippen LogP contribution >= 0.6 is 11.8 Å². The molecule has 2 N–H and O–H groups in total. The number of carbonyl (C=O) groups is 4. The molecule has 0 radical (unpaired) electrons. The number of aldehydes is 1. The van der Waals surface area contributed by atoms with Crippen molar-refractivity contribution < 1.29 is 29.0 Å². The number of hydrogen-bond donors (Lipinski definition) is 2. The zero-order valence-corrected chi connectivity index (χ0v) is 12.9. The van der Waals surface area contributed by atoms with Crippen LogP contribution in [0.4, 0.5) is 0 Å². The van der Waals surface area contributed by atoms with Crippen LogP contribution in [0.3, 0.4) is 0 Å². The molecule has 9 heteroatoms. The van der Waals surface area contributed by atoms with Crippen molar-refractivity contribution in [3.63, 3.8) is 0 Å². The van der Waals surface area contributed by atoms with Gasteiger partial charge in [0.15, 0.2) is 6.04 Å². The van der Waals surface area contributed by atoms with E-state index in [9.17, 15) is 24.3 Å². The van der Waals surface area contributed by atoms with Crippen molar-refractivity contribution in [2.75, 3.05) is 7.11 Å². The molecule has 0 saturated carbocycles. The first kappa shape index (κ1) is 16.8. The van der Waals surface area contributed by atoms with Gasteiger partial charge in [-0.05, 0) is 12.8 Å². The number of aliphatic carboxylic acids is 1. The summed E-state index contributed by atoms with van der Waals surface area (Å²) in [4.78, 5) is 46.5. The molecule has 2 heterocycles. The molecule has 0 aromatic carbocycles. The van der Waals surface area contributed by atoms with E-state index in [1.807, 2.05) is 0 Å². The number of thioether (sulfide) groups is 1. The van der Waals surface area contributed by atoms with Gasteiger partial charge in [-0.15, -0.1) is 0 Å². The standard InChI is InChI=1S/C13H18N2O6S/c1-21-13-9(12(19)20)15-10(18)8(11(15)22-13)14-7(17)5-3-2-4-6-16/h6,8-9,11,13H,2-5H2,1H3,(H,14,17)(H,19,20)/t8?,9?,11-,13?/m0/s1. The van der Waals surface area contributed by atoms with Crippen LogP contribution in [0.25, 0.3) is 0 Å². The number of methoxy groups -OCH3 is 1. The number of unbranched alkanes of at least 4 members (excludes halogenated alkanes) is 2. The Hall–Kier alpha value is -1.61. The number of rotatable bonds is 8. The third-order valence-electron chi connectivity index (χ3n) is 3.69. The fraction of sp³-hybridized carbons (Fsp3) is 0.692. The van der Waals surface area contributed by atoms with Gasteiger partial charge in [0.25, 0.3) is 0 Å². The highest BCUT2D eigenvalue weighted by molar-refractivity contribution is 8.00. The molecular weight excluding hydrogens is 312 g/mol. The van der Waals surface area contributed by atoms with Crippen molar-refractivity contribution >= 4 is 35.8 Å². The van der Waals surface area contributed by atoms with Crippen LogP contribution in [0.1, 0.15) is 25.7 Å². The third-order valence-corrected chi connectivity index (χ3v) is 5.19. The number of carbonyl (C=O) groups excluding carboxylic acids is 3. The largest absolute Gasteiger partial charge is 0.480 e. The van der Waals surface area contributed by atoms with Crippen LogP contribution < -0.4 is 5.32 Å². The SMILES string of the molecule is COC1S[C@H]2C(NC(=O)CCCCC=O)C(=O)N2C1C(=O)O. The second-order valence-electron chi connectivity index (χ2n) is 5.12. The van der Waals surface area contributed by atoms with Gasteiger partial charge in [-0.2, -0.15) is 0 Å². The van der Waals surface area contributed by atoms with E-state index in [2.05, 4.69) is 5.32 Å². The molecule has 122 valence electrons. The molecule has 4 atom stereocenters. The number of ether oxygens (including phenoxy) is 1. The average Bonchev–Trinajstić information content (AvgIpc) is 2.84. The van der Waals surface area contributed by atoms with E-state index in [0.29, 0.717) is 19.3 Å². The predicted molar refractivity (Wildman–Crippen MR) is 76.9 cm³/mol. The molecule has 0 aromatic rings. The number of nitrogens with zero attached hydrogens (tertiary/aromatic N) is 1. The lowest BCUT2D eigenvalue weighted by Gasteiger charge is -2.43. The van der Waals surface area contributed by atoms with Crippen molar-refractivity contribution in [2.45, 2.75) is 48.6 Å². The minimum atomic E-state index is -1.12. The van der Waals surface area contributed by atoms with Gasteiger partial charge in [-0.1, -0.05) is 11.8 Å². The monoisotopic (exact) mass is 330 g/mol. The molecule has 3 unspecified atom stereocenters. The molecule has 0 spiro atoms. The van der Waals surface area contributed by atoms with E-state index in [1.165, 1.54) is 23.8 Å². The normalized spacial score (nSPS) is 29.7. The highest BCUT2D eigenvalue weighted by atomic mass is 32.2. The Morgan fingerprint density at radius 2 is 2.18 bits per heavy atom. The average molecular weight is 330 g/mol. The molecule has 2 fully saturated rings. The van der Waals surface area contributed by atoms with E-state index in [0.717, 1.165) is 6.29 Å². The maximum Gasteiger partial charge on any atom is 0.330 e. The molecular formula is C13H18N2O6S. The van der Waals surface area contributed by atoms with Crippen molar-refractivity contribution in [3.05, 3.63) is 0 Å². The summed E-state index contributed by atoms with van der Waals surface area (Å²) in [7, 11) is 1.39. The van der Waals surface area contributed by atoms with Gasteiger partial charge in [0.05, 0.1) is 0 Å². The Morgan fingerprint density at radius 1 is 1.45 bits per heavy atom. The molecule has 0 aromatic heterocycles. The minimum Gasteiger partial charge on any atom is -0.480 e. The summed E-state index contributed by atoms with van der Waals surface area (Å²) in [6.07, 6.45) is 2.66. The van der Waals surface area contributed by atoms with Crippen molar-refractivity contribution in [3.8, 4) is 0 Å². The fourth-order valence-electron chi connectivity index (χ4n) is 2.58. The lowest BCUT2D eigenvalue weighted by atomic mass is 10.0.